The number of carbonyl (C=O) groups is 1. The number of ether oxygens (including phenoxy) is 1. The number of aromatic nitrogens is 3. The van der Waals surface area contributed by atoms with Crippen LogP contribution in [0.4, 0.5) is 0 Å². The summed E-state index contributed by atoms with van der Waals surface area (Å²) in [7, 11) is 1.35. The number of nitrogens with zero attached hydrogens (tertiary/aromatic N) is 2. The number of aromatic amines is 1. The average Bonchev–Trinajstić information content (AvgIpc) is 2.59. The van der Waals surface area contributed by atoms with E-state index >= 15 is 0 Å². The highest BCUT2D eigenvalue weighted by Crippen LogP contribution is 2.08. The number of esters is 1. The van der Waals surface area contributed by atoms with Gasteiger partial charge < -0.3 is 9.72 Å². The van der Waals surface area contributed by atoms with E-state index in [0.717, 1.165) is 11.0 Å². The van der Waals surface area contributed by atoms with Crippen molar-refractivity contribution in [3.05, 3.63) is 24.3 Å². The Balaban J connectivity index is 2.31. The van der Waals surface area contributed by atoms with Crippen molar-refractivity contribution < 1.29 is 9.53 Å². The van der Waals surface area contributed by atoms with Crippen LogP contribution in [0.15, 0.2) is 18.5 Å². The van der Waals surface area contributed by atoms with E-state index in [9.17, 15) is 4.79 Å². The molecular weight excluding hydrogens is 182 g/mol. The van der Waals surface area contributed by atoms with Crippen molar-refractivity contribution in [1.82, 2.24) is 15.0 Å². The molecule has 0 amide bonds. The summed E-state index contributed by atoms with van der Waals surface area (Å²) in [6, 6.07) is 1.78. The maximum absolute atomic E-state index is 11.0. The zero-order chi connectivity index (χ0) is 9.97. The molecular formula is C9H9N3O2. The molecule has 0 atom stereocenters. The SMILES string of the molecule is COC(=O)Cc1nc2ccncc2[nH]1. The van der Waals surface area contributed by atoms with Crippen molar-refractivity contribution in [2.24, 2.45) is 0 Å². The number of imidazole rings is 1. The molecule has 0 unspecified atom stereocenters. The number of nitrogens with one attached hydrogen (secondary N) is 1. The van der Waals surface area contributed by atoms with Gasteiger partial charge in [-0.05, 0) is 6.07 Å². The molecule has 5 nitrogen and oxygen atoms in total. The van der Waals surface area contributed by atoms with Gasteiger partial charge in [0.05, 0.1) is 24.3 Å². The Bertz CT molecular complexity index is 431. The Morgan fingerprint density at radius 3 is 3.21 bits per heavy atom. The van der Waals surface area contributed by atoms with E-state index in [0.29, 0.717) is 5.82 Å². The molecule has 0 saturated carbocycles. The van der Waals surface area contributed by atoms with Gasteiger partial charge in [0.15, 0.2) is 0 Å². The first kappa shape index (κ1) is 8.68. The van der Waals surface area contributed by atoms with Crippen LogP contribution in [0.3, 0.4) is 0 Å². The second kappa shape index (κ2) is 3.45. The van der Waals surface area contributed by atoms with E-state index < -0.39 is 0 Å². The molecule has 0 spiro atoms. The lowest BCUT2D eigenvalue weighted by molar-refractivity contribution is -0.139. The first-order valence-corrected chi connectivity index (χ1v) is 4.15. The van der Waals surface area contributed by atoms with Crippen LogP contribution in [-0.4, -0.2) is 28.0 Å². The molecule has 2 aromatic heterocycles. The molecule has 72 valence electrons. The normalized spacial score (nSPS) is 10.4. The number of hydrogen-bond acceptors (Lipinski definition) is 4. The van der Waals surface area contributed by atoms with Crippen LogP contribution >= 0.6 is 0 Å². The van der Waals surface area contributed by atoms with Gasteiger partial charge in [-0.2, -0.15) is 0 Å². The van der Waals surface area contributed by atoms with Crippen LogP contribution in [0.25, 0.3) is 11.0 Å². The van der Waals surface area contributed by atoms with E-state index in [1.807, 2.05) is 0 Å². The minimum absolute atomic E-state index is 0.158. The number of H-pyrrole nitrogens is 1. The number of methoxy groups -OCH3 is 1. The van der Waals surface area contributed by atoms with E-state index in [2.05, 4.69) is 19.7 Å². The van der Waals surface area contributed by atoms with Crippen LogP contribution in [0, 0.1) is 0 Å². The summed E-state index contributed by atoms with van der Waals surface area (Å²) in [6.45, 7) is 0. The number of hydrogen-bond donors (Lipinski definition) is 1. The largest absolute Gasteiger partial charge is 0.469 e. The van der Waals surface area contributed by atoms with Gasteiger partial charge in [0.25, 0.3) is 0 Å². The Kier molecular flexibility index (Phi) is 2.14. The quantitative estimate of drug-likeness (QED) is 0.708. The fraction of sp³-hybridized carbons (Fsp3) is 0.222. The minimum Gasteiger partial charge on any atom is -0.469 e. The lowest BCUT2D eigenvalue weighted by atomic mass is 10.4. The third-order valence-corrected chi connectivity index (χ3v) is 1.87. The van der Waals surface area contributed by atoms with Crippen molar-refractivity contribution in [1.29, 1.82) is 0 Å². The molecule has 2 heterocycles. The van der Waals surface area contributed by atoms with Gasteiger partial charge in [-0.25, -0.2) is 4.98 Å². The predicted molar refractivity (Wildman–Crippen MR) is 49.6 cm³/mol. The molecule has 1 N–H and O–H groups in total. The zero-order valence-electron chi connectivity index (χ0n) is 7.65. The summed E-state index contributed by atoms with van der Waals surface area (Å²) in [5.41, 5.74) is 1.63. The maximum Gasteiger partial charge on any atom is 0.313 e. The Hall–Kier alpha value is -1.91. The molecule has 0 aliphatic rings. The van der Waals surface area contributed by atoms with E-state index in [1.54, 1.807) is 18.5 Å². The van der Waals surface area contributed by atoms with Gasteiger partial charge in [0, 0.05) is 6.20 Å². The molecule has 0 bridgehead atoms. The number of carbonyl (C=O) groups excluding carboxylic acids is 1. The molecule has 0 aliphatic heterocycles. The van der Waals surface area contributed by atoms with E-state index in [1.165, 1.54) is 7.11 Å². The van der Waals surface area contributed by atoms with E-state index in [-0.39, 0.29) is 12.4 Å². The Morgan fingerprint density at radius 1 is 1.64 bits per heavy atom. The summed E-state index contributed by atoms with van der Waals surface area (Å²) < 4.78 is 4.54. The zero-order valence-corrected chi connectivity index (χ0v) is 7.65. The maximum atomic E-state index is 11.0. The van der Waals surface area contributed by atoms with Crippen LogP contribution in [0.2, 0.25) is 0 Å². The van der Waals surface area contributed by atoms with Crippen LogP contribution < -0.4 is 0 Å². The summed E-state index contributed by atoms with van der Waals surface area (Å²) in [6.07, 6.45) is 3.49. The average molecular weight is 191 g/mol. The van der Waals surface area contributed by atoms with Gasteiger partial charge in [-0.15, -0.1) is 0 Å². The van der Waals surface area contributed by atoms with Crippen LogP contribution in [0.5, 0.6) is 0 Å². The molecule has 0 radical (unpaired) electrons. The molecule has 0 fully saturated rings. The first-order valence-electron chi connectivity index (χ1n) is 4.15. The highest BCUT2D eigenvalue weighted by atomic mass is 16.5. The predicted octanol–water partition coefficient (Wildman–Crippen LogP) is 0.673. The fourth-order valence-electron chi connectivity index (χ4n) is 1.20. The second-order valence-corrected chi connectivity index (χ2v) is 2.83. The Morgan fingerprint density at radius 2 is 2.50 bits per heavy atom. The van der Waals surface area contributed by atoms with Gasteiger partial charge in [0.2, 0.25) is 0 Å². The molecule has 14 heavy (non-hydrogen) atoms. The third kappa shape index (κ3) is 1.56. The molecule has 0 aromatic carbocycles. The van der Waals surface area contributed by atoms with Gasteiger partial charge in [-0.3, -0.25) is 9.78 Å². The Labute approximate surface area is 80.1 Å². The van der Waals surface area contributed by atoms with Crippen LogP contribution in [0.1, 0.15) is 5.82 Å². The fourth-order valence-corrected chi connectivity index (χ4v) is 1.20. The van der Waals surface area contributed by atoms with Gasteiger partial charge in [0.1, 0.15) is 12.2 Å². The smallest absolute Gasteiger partial charge is 0.313 e. The summed E-state index contributed by atoms with van der Waals surface area (Å²) >= 11 is 0. The van der Waals surface area contributed by atoms with Crippen molar-refractivity contribution in [3.63, 3.8) is 0 Å². The van der Waals surface area contributed by atoms with Crippen molar-refractivity contribution in [2.45, 2.75) is 6.42 Å². The molecule has 0 aliphatic carbocycles. The van der Waals surface area contributed by atoms with Crippen molar-refractivity contribution in [2.75, 3.05) is 7.11 Å². The highest BCUT2D eigenvalue weighted by Gasteiger charge is 2.07. The molecule has 0 saturated heterocycles. The molecule has 2 aromatic rings. The standard InChI is InChI=1S/C9H9N3O2/c1-14-9(13)4-8-11-6-2-3-10-5-7(6)12-8/h2-3,5H,4H2,1H3,(H,11,12). The van der Waals surface area contributed by atoms with Crippen molar-refractivity contribution >= 4 is 17.0 Å². The number of fused-ring (bicyclic) bond motifs is 1. The van der Waals surface area contributed by atoms with Crippen LogP contribution in [-0.2, 0) is 16.0 Å². The number of pyridine rings is 1. The lowest BCUT2D eigenvalue weighted by Crippen LogP contribution is -2.05. The minimum atomic E-state index is -0.308. The summed E-state index contributed by atoms with van der Waals surface area (Å²) in [5, 5.41) is 0. The molecule has 2 rings (SSSR count). The third-order valence-electron chi connectivity index (χ3n) is 1.87. The summed E-state index contributed by atoms with van der Waals surface area (Å²) in [5.74, 6) is 0.289. The van der Waals surface area contributed by atoms with E-state index in [4.69, 9.17) is 0 Å². The highest BCUT2D eigenvalue weighted by molar-refractivity contribution is 5.76. The monoisotopic (exact) mass is 191 g/mol. The lowest BCUT2D eigenvalue weighted by Gasteiger charge is -1.93. The van der Waals surface area contributed by atoms with Crippen molar-refractivity contribution in [3.8, 4) is 0 Å². The topological polar surface area (TPSA) is 67.9 Å². The first-order chi connectivity index (χ1) is 6.79. The van der Waals surface area contributed by atoms with Gasteiger partial charge >= 0.3 is 5.97 Å². The summed E-state index contributed by atoms with van der Waals surface area (Å²) in [4.78, 5) is 22.1. The van der Waals surface area contributed by atoms with Gasteiger partial charge in [-0.1, -0.05) is 0 Å². The number of rotatable bonds is 2. The molecule has 5 heteroatoms. The second-order valence-electron chi connectivity index (χ2n) is 2.83.